The topological polar surface area (TPSA) is 124 Å². The second kappa shape index (κ2) is 14.1. The lowest BCUT2D eigenvalue weighted by Crippen LogP contribution is -2.49. The summed E-state index contributed by atoms with van der Waals surface area (Å²) >= 11 is 0. The first kappa shape index (κ1) is 31.8. The minimum absolute atomic E-state index is 0.0495. The first-order valence-electron chi connectivity index (χ1n) is 17.1. The third kappa shape index (κ3) is 7.13. The fourth-order valence-electron chi connectivity index (χ4n) is 7.18. The second-order valence-electron chi connectivity index (χ2n) is 13.5. The number of urea groups is 2. The van der Waals surface area contributed by atoms with Crippen LogP contribution in [0.1, 0.15) is 83.2 Å². The maximum Gasteiger partial charge on any atom is 0.317 e. The van der Waals surface area contributed by atoms with Crippen LogP contribution in [-0.2, 0) is 0 Å². The Morgan fingerprint density at radius 2 is 1.52 bits per heavy atom. The monoisotopic (exact) mass is 628 g/mol. The number of pyridine rings is 1. The summed E-state index contributed by atoms with van der Waals surface area (Å²) in [6.07, 6.45) is 10.5. The molecule has 246 valence electrons. The van der Waals surface area contributed by atoms with Crippen molar-refractivity contribution < 1.29 is 9.59 Å². The van der Waals surface area contributed by atoms with Crippen LogP contribution in [0, 0.1) is 6.92 Å². The van der Waals surface area contributed by atoms with Gasteiger partial charge in [-0.15, -0.1) is 0 Å². The fraction of sp³-hybridized carbons (Fsp3) is 0.571. The first-order valence-corrected chi connectivity index (χ1v) is 17.1. The van der Waals surface area contributed by atoms with E-state index in [4.69, 9.17) is 4.98 Å². The van der Waals surface area contributed by atoms with Crippen molar-refractivity contribution in [3.8, 4) is 11.1 Å². The van der Waals surface area contributed by atoms with Crippen molar-refractivity contribution in [1.29, 1.82) is 0 Å². The zero-order chi connectivity index (χ0) is 32.2. The lowest BCUT2D eigenvalue weighted by atomic mass is 9.95. The van der Waals surface area contributed by atoms with E-state index in [9.17, 15) is 14.4 Å². The summed E-state index contributed by atoms with van der Waals surface area (Å²) in [5.74, 6) is 0.489. The highest BCUT2D eigenvalue weighted by atomic mass is 16.2. The normalized spacial score (nSPS) is 18.6. The van der Waals surface area contributed by atoms with Crippen LogP contribution in [0.25, 0.3) is 22.2 Å². The van der Waals surface area contributed by atoms with Crippen LogP contribution in [0.3, 0.4) is 0 Å². The Kier molecular flexibility index (Phi) is 9.75. The minimum Gasteiger partial charge on any atom is -0.351 e. The van der Waals surface area contributed by atoms with Gasteiger partial charge in [-0.1, -0.05) is 43.5 Å². The van der Waals surface area contributed by atoms with Crippen molar-refractivity contribution in [2.45, 2.75) is 103 Å². The maximum atomic E-state index is 14.3. The number of likely N-dealkylation sites (tertiary alicyclic amines) is 2. The number of carbonyl (C=O) groups excluding carboxylic acids is 2. The van der Waals surface area contributed by atoms with Crippen LogP contribution in [0.5, 0.6) is 0 Å². The van der Waals surface area contributed by atoms with Gasteiger partial charge in [-0.05, 0) is 76.5 Å². The molecule has 2 saturated heterocycles. The Labute approximate surface area is 271 Å². The van der Waals surface area contributed by atoms with Gasteiger partial charge in [-0.25, -0.2) is 14.6 Å². The van der Waals surface area contributed by atoms with Crippen molar-refractivity contribution in [2.75, 3.05) is 31.5 Å². The number of fused-ring (bicyclic) bond motifs is 1. The Hall–Kier alpha value is -4.15. The van der Waals surface area contributed by atoms with Gasteiger partial charge < -0.3 is 25.8 Å². The highest BCUT2D eigenvalue weighted by molar-refractivity contribution is 5.82. The zero-order valence-electron chi connectivity index (χ0n) is 27.4. The van der Waals surface area contributed by atoms with Crippen molar-refractivity contribution in [1.82, 2.24) is 35.0 Å². The average Bonchev–Trinajstić information content (AvgIpc) is 3.05. The summed E-state index contributed by atoms with van der Waals surface area (Å²) in [7, 11) is 0. The maximum absolute atomic E-state index is 14.3. The highest BCUT2D eigenvalue weighted by Crippen LogP contribution is 2.29. The summed E-state index contributed by atoms with van der Waals surface area (Å²) in [6, 6.07) is 10.2. The van der Waals surface area contributed by atoms with Gasteiger partial charge in [0.1, 0.15) is 5.65 Å². The van der Waals surface area contributed by atoms with Crippen LogP contribution in [0.2, 0.25) is 0 Å². The molecule has 0 unspecified atom stereocenters. The van der Waals surface area contributed by atoms with E-state index in [1.807, 2.05) is 65.5 Å². The largest absolute Gasteiger partial charge is 0.351 e. The molecule has 11 nitrogen and oxygen atoms in total. The van der Waals surface area contributed by atoms with E-state index in [1.165, 1.54) is 19.3 Å². The van der Waals surface area contributed by atoms with Crippen LogP contribution < -0.4 is 21.5 Å². The smallest absolute Gasteiger partial charge is 0.317 e. The molecule has 46 heavy (non-hydrogen) atoms. The van der Waals surface area contributed by atoms with Gasteiger partial charge in [0.05, 0.1) is 0 Å². The van der Waals surface area contributed by atoms with Crippen LogP contribution in [0.15, 0.2) is 41.3 Å². The van der Waals surface area contributed by atoms with Crippen molar-refractivity contribution in [3.63, 3.8) is 0 Å². The molecular weight excluding hydrogens is 580 g/mol. The third-order valence-corrected chi connectivity index (χ3v) is 9.79. The number of anilines is 1. The quantitative estimate of drug-likeness (QED) is 0.334. The third-order valence-electron chi connectivity index (χ3n) is 9.79. The van der Waals surface area contributed by atoms with Crippen molar-refractivity contribution in [2.24, 2.45) is 0 Å². The Morgan fingerprint density at radius 1 is 0.848 bits per heavy atom. The van der Waals surface area contributed by atoms with Crippen molar-refractivity contribution >= 4 is 29.0 Å². The van der Waals surface area contributed by atoms with E-state index in [0.29, 0.717) is 62.2 Å². The van der Waals surface area contributed by atoms with E-state index < -0.39 is 0 Å². The molecule has 0 spiro atoms. The van der Waals surface area contributed by atoms with Gasteiger partial charge >= 0.3 is 12.1 Å². The number of hydrogen-bond donors (Lipinski definition) is 3. The fourth-order valence-corrected chi connectivity index (χ4v) is 7.18. The Morgan fingerprint density at radius 3 is 2.22 bits per heavy atom. The van der Waals surface area contributed by atoms with Gasteiger partial charge in [0.25, 0.3) is 5.56 Å². The number of piperidine rings is 2. The summed E-state index contributed by atoms with van der Waals surface area (Å²) in [5, 5.41) is 10.5. The van der Waals surface area contributed by atoms with E-state index in [1.54, 1.807) is 6.20 Å². The zero-order valence-corrected chi connectivity index (χ0v) is 27.4. The van der Waals surface area contributed by atoms with Crippen LogP contribution in [-0.4, -0.2) is 80.7 Å². The summed E-state index contributed by atoms with van der Waals surface area (Å²) in [6.45, 7) is 8.41. The molecule has 4 heterocycles. The number of nitrogens with one attached hydrogen (secondary N) is 3. The van der Waals surface area contributed by atoms with Crippen molar-refractivity contribution in [3.05, 3.63) is 52.4 Å². The second-order valence-corrected chi connectivity index (χ2v) is 13.5. The molecule has 3 aliphatic rings. The number of aromatic nitrogens is 3. The van der Waals surface area contributed by atoms with E-state index in [2.05, 4.69) is 20.9 Å². The first-order chi connectivity index (χ1) is 22.3. The molecule has 6 rings (SSSR count). The molecule has 2 aromatic heterocycles. The SMILES string of the molecule is Cc1ccccc1-c1cc2cnc(NC3CCN(C(=O)NC4CCCCC4)CC3)nc2n(C2CCN(C(=O)NC(C)C)CC2)c1=O. The van der Waals surface area contributed by atoms with Gasteiger partial charge in [0, 0.05) is 67.5 Å². The number of amides is 4. The summed E-state index contributed by atoms with van der Waals surface area (Å²) in [5.41, 5.74) is 3.10. The molecule has 1 aliphatic carbocycles. The molecule has 3 fully saturated rings. The molecule has 2 aliphatic heterocycles. The summed E-state index contributed by atoms with van der Waals surface area (Å²) < 4.78 is 1.85. The highest BCUT2D eigenvalue weighted by Gasteiger charge is 2.29. The molecule has 1 aromatic carbocycles. The average molecular weight is 629 g/mol. The predicted molar refractivity (Wildman–Crippen MR) is 181 cm³/mol. The number of benzene rings is 1. The summed E-state index contributed by atoms with van der Waals surface area (Å²) in [4.78, 5) is 53.2. The Bertz CT molecular complexity index is 1600. The molecule has 1 saturated carbocycles. The number of nitrogens with zero attached hydrogens (tertiary/aromatic N) is 5. The van der Waals surface area contributed by atoms with E-state index in [-0.39, 0.29) is 35.7 Å². The van der Waals surface area contributed by atoms with Crippen LogP contribution >= 0.6 is 0 Å². The molecule has 0 radical (unpaired) electrons. The van der Waals surface area contributed by atoms with Gasteiger partial charge in [0.15, 0.2) is 0 Å². The number of carbonyl (C=O) groups is 2. The van der Waals surface area contributed by atoms with Crippen LogP contribution in [0.4, 0.5) is 15.5 Å². The molecule has 3 aromatic rings. The molecular formula is C35H48N8O3. The van der Waals surface area contributed by atoms with Gasteiger partial charge in [0.2, 0.25) is 5.95 Å². The number of rotatable bonds is 6. The molecule has 11 heteroatoms. The standard InChI is InChI=1S/C35H48N8O3/c1-23(2)37-34(45)42-19-15-28(16-20-42)43-31-25(21-30(32(43)44)29-12-8-7-9-24(29)3)22-36-33(40-31)38-27-13-17-41(18-14-27)35(46)39-26-10-5-4-6-11-26/h7-9,12,21-23,26-28H,4-6,10-11,13-20H2,1-3H3,(H,37,45)(H,39,46)(H,36,38,40). The lowest BCUT2D eigenvalue weighted by molar-refractivity contribution is 0.169. The molecule has 4 amide bonds. The molecule has 0 bridgehead atoms. The minimum atomic E-state index is -0.101. The number of hydrogen-bond acceptors (Lipinski definition) is 6. The number of aryl methyl sites for hydroxylation is 1. The Balaban J connectivity index is 1.22. The van der Waals surface area contributed by atoms with Gasteiger partial charge in [-0.2, -0.15) is 4.98 Å². The predicted octanol–water partition coefficient (Wildman–Crippen LogP) is 5.44. The van der Waals surface area contributed by atoms with Gasteiger partial charge in [-0.3, -0.25) is 9.36 Å². The lowest BCUT2D eigenvalue weighted by Gasteiger charge is -2.34. The molecule has 0 atom stereocenters. The van der Waals surface area contributed by atoms with E-state index >= 15 is 0 Å². The molecule has 3 N–H and O–H groups in total. The van der Waals surface area contributed by atoms with E-state index in [0.717, 1.165) is 42.2 Å².